The fourth-order valence-electron chi connectivity index (χ4n) is 2.33. The standard InChI is InChI=1S/C19H19N5O/c1-14-4-2-3-5-16(14)13-22-18(25)17-8-11-21-19(24-17)23-12-15-6-9-20-10-7-15/h2-11H,12-13H2,1H3,(H,22,25)(H,21,23,24). The lowest BCUT2D eigenvalue weighted by molar-refractivity contribution is 0.0946. The molecule has 0 unspecified atom stereocenters. The summed E-state index contributed by atoms with van der Waals surface area (Å²) in [6, 6.07) is 13.4. The molecular formula is C19H19N5O. The van der Waals surface area contributed by atoms with Crippen LogP contribution in [0.25, 0.3) is 0 Å². The first-order chi connectivity index (χ1) is 12.2. The maximum Gasteiger partial charge on any atom is 0.270 e. The lowest BCUT2D eigenvalue weighted by Crippen LogP contribution is -2.24. The predicted octanol–water partition coefficient (Wildman–Crippen LogP) is 2.72. The molecule has 6 heteroatoms. The third-order valence-electron chi connectivity index (χ3n) is 3.79. The topological polar surface area (TPSA) is 79.8 Å². The van der Waals surface area contributed by atoms with Gasteiger partial charge < -0.3 is 10.6 Å². The van der Waals surface area contributed by atoms with Crippen molar-refractivity contribution >= 4 is 11.9 Å². The van der Waals surface area contributed by atoms with Crippen LogP contribution in [0.15, 0.2) is 61.1 Å². The Labute approximate surface area is 146 Å². The third kappa shape index (κ3) is 4.60. The smallest absolute Gasteiger partial charge is 0.270 e. The highest BCUT2D eigenvalue weighted by Crippen LogP contribution is 2.08. The van der Waals surface area contributed by atoms with Gasteiger partial charge in [-0.1, -0.05) is 24.3 Å². The molecule has 126 valence electrons. The van der Waals surface area contributed by atoms with Gasteiger partial charge in [-0.15, -0.1) is 0 Å². The maximum atomic E-state index is 12.3. The molecule has 0 aliphatic carbocycles. The minimum Gasteiger partial charge on any atom is -0.350 e. The molecule has 0 spiro atoms. The fraction of sp³-hybridized carbons (Fsp3) is 0.158. The second-order valence-electron chi connectivity index (χ2n) is 5.58. The van der Waals surface area contributed by atoms with Gasteiger partial charge >= 0.3 is 0 Å². The number of pyridine rings is 1. The first-order valence-corrected chi connectivity index (χ1v) is 8.01. The lowest BCUT2D eigenvalue weighted by Gasteiger charge is -2.09. The van der Waals surface area contributed by atoms with Crippen molar-refractivity contribution < 1.29 is 4.79 Å². The number of rotatable bonds is 6. The molecule has 2 N–H and O–H groups in total. The second-order valence-corrected chi connectivity index (χ2v) is 5.58. The number of nitrogens with zero attached hydrogens (tertiary/aromatic N) is 3. The van der Waals surface area contributed by atoms with Crippen LogP contribution in [-0.4, -0.2) is 20.9 Å². The van der Waals surface area contributed by atoms with Gasteiger partial charge in [-0.25, -0.2) is 9.97 Å². The molecule has 0 saturated heterocycles. The Morgan fingerprint density at radius 3 is 2.60 bits per heavy atom. The number of aromatic nitrogens is 3. The van der Waals surface area contributed by atoms with Gasteiger partial charge in [-0.05, 0) is 41.8 Å². The summed E-state index contributed by atoms with van der Waals surface area (Å²) in [4.78, 5) is 24.7. The number of hydrogen-bond acceptors (Lipinski definition) is 5. The van der Waals surface area contributed by atoms with Crippen LogP contribution in [0.1, 0.15) is 27.2 Å². The Kier molecular flexibility index (Phi) is 5.31. The number of amides is 1. The average Bonchev–Trinajstić information content (AvgIpc) is 2.66. The summed E-state index contributed by atoms with van der Waals surface area (Å²) >= 11 is 0. The summed E-state index contributed by atoms with van der Waals surface area (Å²) in [5.74, 6) is 0.193. The molecule has 0 fully saturated rings. The van der Waals surface area contributed by atoms with E-state index in [0.717, 1.165) is 16.7 Å². The van der Waals surface area contributed by atoms with Crippen molar-refractivity contribution in [2.75, 3.05) is 5.32 Å². The molecule has 2 aromatic heterocycles. The van der Waals surface area contributed by atoms with E-state index in [9.17, 15) is 4.79 Å². The van der Waals surface area contributed by atoms with Gasteiger partial charge in [0.15, 0.2) is 0 Å². The Hall–Kier alpha value is -3.28. The zero-order valence-corrected chi connectivity index (χ0v) is 13.9. The average molecular weight is 333 g/mol. The number of benzene rings is 1. The van der Waals surface area contributed by atoms with Crippen LogP contribution in [0, 0.1) is 6.92 Å². The maximum absolute atomic E-state index is 12.3. The van der Waals surface area contributed by atoms with Crippen LogP contribution < -0.4 is 10.6 Å². The van der Waals surface area contributed by atoms with Crippen molar-refractivity contribution in [1.29, 1.82) is 0 Å². The number of hydrogen-bond donors (Lipinski definition) is 2. The van der Waals surface area contributed by atoms with Crippen LogP contribution in [0.4, 0.5) is 5.95 Å². The van der Waals surface area contributed by atoms with Gasteiger partial charge in [-0.2, -0.15) is 0 Å². The van der Waals surface area contributed by atoms with E-state index < -0.39 is 0 Å². The zero-order chi connectivity index (χ0) is 17.5. The monoisotopic (exact) mass is 333 g/mol. The lowest BCUT2D eigenvalue weighted by atomic mass is 10.1. The molecule has 2 heterocycles. The Morgan fingerprint density at radius 2 is 1.80 bits per heavy atom. The van der Waals surface area contributed by atoms with Crippen molar-refractivity contribution in [2.24, 2.45) is 0 Å². The molecule has 1 aromatic carbocycles. The van der Waals surface area contributed by atoms with E-state index in [1.54, 1.807) is 24.7 Å². The van der Waals surface area contributed by atoms with Crippen molar-refractivity contribution in [2.45, 2.75) is 20.0 Å². The van der Waals surface area contributed by atoms with Gasteiger partial charge in [0.2, 0.25) is 5.95 Å². The molecule has 0 bridgehead atoms. The summed E-state index contributed by atoms with van der Waals surface area (Å²) in [5.41, 5.74) is 3.62. The highest BCUT2D eigenvalue weighted by Gasteiger charge is 2.09. The van der Waals surface area contributed by atoms with Crippen LogP contribution in [-0.2, 0) is 13.1 Å². The highest BCUT2D eigenvalue weighted by molar-refractivity contribution is 5.92. The summed E-state index contributed by atoms with van der Waals surface area (Å²) in [5, 5.41) is 6.00. The fourth-order valence-corrected chi connectivity index (χ4v) is 2.33. The minimum atomic E-state index is -0.224. The van der Waals surface area contributed by atoms with Gasteiger partial charge in [-0.3, -0.25) is 9.78 Å². The van der Waals surface area contributed by atoms with E-state index in [1.807, 2.05) is 43.3 Å². The van der Waals surface area contributed by atoms with Crippen LogP contribution >= 0.6 is 0 Å². The molecule has 25 heavy (non-hydrogen) atoms. The van der Waals surface area contributed by atoms with Crippen LogP contribution in [0.5, 0.6) is 0 Å². The molecule has 0 aliphatic heterocycles. The largest absolute Gasteiger partial charge is 0.350 e. The molecule has 0 saturated carbocycles. The van der Waals surface area contributed by atoms with Crippen molar-refractivity contribution in [3.63, 3.8) is 0 Å². The van der Waals surface area contributed by atoms with Gasteiger partial charge in [0, 0.05) is 31.7 Å². The van der Waals surface area contributed by atoms with Gasteiger partial charge in [0.25, 0.3) is 5.91 Å². The van der Waals surface area contributed by atoms with E-state index in [2.05, 4.69) is 25.6 Å². The van der Waals surface area contributed by atoms with E-state index in [1.165, 1.54) is 0 Å². The Bertz CT molecular complexity index is 851. The summed E-state index contributed by atoms with van der Waals surface area (Å²) < 4.78 is 0. The quantitative estimate of drug-likeness (QED) is 0.725. The van der Waals surface area contributed by atoms with Crippen molar-refractivity contribution in [3.05, 3.63) is 83.4 Å². The molecule has 0 aliphatic rings. The Balaban J connectivity index is 1.60. The predicted molar refractivity (Wildman–Crippen MR) is 95.9 cm³/mol. The van der Waals surface area contributed by atoms with Gasteiger partial charge in [0.1, 0.15) is 5.69 Å². The number of nitrogens with one attached hydrogen (secondary N) is 2. The first-order valence-electron chi connectivity index (χ1n) is 8.01. The van der Waals surface area contributed by atoms with E-state index in [0.29, 0.717) is 24.7 Å². The SMILES string of the molecule is Cc1ccccc1CNC(=O)c1ccnc(NCc2ccncc2)n1. The van der Waals surface area contributed by atoms with E-state index in [4.69, 9.17) is 0 Å². The number of carbonyl (C=O) groups excluding carboxylic acids is 1. The third-order valence-corrected chi connectivity index (χ3v) is 3.79. The van der Waals surface area contributed by atoms with Crippen molar-refractivity contribution in [3.8, 4) is 0 Å². The summed E-state index contributed by atoms with van der Waals surface area (Å²) in [7, 11) is 0. The minimum absolute atomic E-state index is 0.224. The van der Waals surface area contributed by atoms with E-state index in [-0.39, 0.29) is 5.91 Å². The summed E-state index contributed by atoms with van der Waals surface area (Å²) in [6.45, 7) is 3.05. The Morgan fingerprint density at radius 1 is 1.00 bits per heavy atom. The normalized spacial score (nSPS) is 10.3. The summed E-state index contributed by atoms with van der Waals surface area (Å²) in [6.07, 6.45) is 5.03. The second kappa shape index (κ2) is 8.01. The van der Waals surface area contributed by atoms with Crippen LogP contribution in [0.3, 0.4) is 0 Å². The first kappa shape index (κ1) is 16.6. The molecule has 6 nitrogen and oxygen atoms in total. The highest BCUT2D eigenvalue weighted by atomic mass is 16.1. The number of carbonyl (C=O) groups is 1. The zero-order valence-electron chi connectivity index (χ0n) is 13.9. The van der Waals surface area contributed by atoms with Gasteiger partial charge in [0.05, 0.1) is 0 Å². The van der Waals surface area contributed by atoms with E-state index >= 15 is 0 Å². The molecule has 0 radical (unpaired) electrons. The molecule has 3 aromatic rings. The number of aryl methyl sites for hydroxylation is 1. The van der Waals surface area contributed by atoms with Crippen LogP contribution in [0.2, 0.25) is 0 Å². The molecule has 1 amide bonds. The molecular weight excluding hydrogens is 314 g/mol. The van der Waals surface area contributed by atoms with Crippen molar-refractivity contribution in [1.82, 2.24) is 20.3 Å². The number of anilines is 1. The molecule has 3 rings (SSSR count). The molecule has 0 atom stereocenters.